The predicted octanol–water partition coefficient (Wildman–Crippen LogP) is 3.57. The Kier molecular flexibility index (Phi) is 3.99. The van der Waals surface area contributed by atoms with Gasteiger partial charge in [-0.3, -0.25) is 4.98 Å². The minimum Gasteiger partial charge on any atom is -0.380 e. The summed E-state index contributed by atoms with van der Waals surface area (Å²) in [6, 6.07) is 4.49. The third-order valence-electron chi connectivity index (χ3n) is 8.03. The smallest absolute Gasteiger partial charge is 0.150 e. The maximum atomic E-state index is 5.51. The van der Waals surface area contributed by atoms with Gasteiger partial charge in [0.2, 0.25) is 0 Å². The average molecular weight is 419 g/mol. The Labute approximate surface area is 183 Å². The molecule has 5 heterocycles. The van der Waals surface area contributed by atoms with E-state index in [-0.39, 0.29) is 0 Å². The van der Waals surface area contributed by atoms with Crippen molar-refractivity contribution in [1.29, 1.82) is 0 Å². The lowest BCUT2D eigenvalue weighted by molar-refractivity contribution is -0.124. The molecule has 1 N–H and O–H groups in total. The summed E-state index contributed by atoms with van der Waals surface area (Å²) in [5.74, 6) is 5.14. The van der Waals surface area contributed by atoms with Crippen LogP contribution in [0.15, 0.2) is 24.5 Å². The summed E-state index contributed by atoms with van der Waals surface area (Å²) in [4.78, 5) is 19.2. The first-order valence-corrected chi connectivity index (χ1v) is 11.9. The van der Waals surface area contributed by atoms with Gasteiger partial charge in [-0.2, -0.15) is 0 Å². The largest absolute Gasteiger partial charge is 0.380 e. The molecule has 5 fully saturated rings. The summed E-state index contributed by atoms with van der Waals surface area (Å²) in [7, 11) is 0. The van der Waals surface area contributed by atoms with Crippen LogP contribution in [0.2, 0.25) is 0 Å². The van der Waals surface area contributed by atoms with Crippen LogP contribution >= 0.6 is 0 Å². The normalized spacial score (nSPS) is 28.4. The number of aromatic nitrogens is 3. The first kappa shape index (κ1) is 18.2. The van der Waals surface area contributed by atoms with Crippen molar-refractivity contribution in [3.8, 4) is 0 Å². The molecule has 7 nitrogen and oxygen atoms in total. The zero-order chi connectivity index (χ0) is 20.4. The first-order chi connectivity index (χ1) is 15.2. The Morgan fingerprint density at radius 1 is 0.935 bits per heavy atom. The number of anilines is 4. The van der Waals surface area contributed by atoms with Crippen molar-refractivity contribution < 1.29 is 4.74 Å². The summed E-state index contributed by atoms with van der Waals surface area (Å²) in [5, 5.41) is 3.44. The number of nitrogens with zero attached hydrogens (tertiary/aromatic N) is 5. The highest BCUT2D eigenvalue weighted by atomic mass is 16.5. The van der Waals surface area contributed by atoms with Gasteiger partial charge in [-0.15, -0.1) is 0 Å². The van der Waals surface area contributed by atoms with E-state index in [2.05, 4.69) is 37.2 Å². The van der Waals surface area contributed by atoms with Crippen LogP contribution in [0.1, 0.15) is 43.7 Å². The Bertz CT molecular complexity index is 966. The monoisotopic (exact) mass is 418 g/mol. The fourth-order valence-corrected chi connectivity index (χ4v) is 5.54. The van der Waals surface area contributed by atoms with Crippen LogP contribution in [0.25, 0.3) is 0 Å². The molecule has 0 amide bonds. The van der Waals surface area contributed by atoms with Gasteiger partial charge in [0.15, 0.2) is 0 Å². The molecule has 5 aliphatic rings. The molecule has 2 atom stereocenters. The molecular formula is C24H30N6O. The Balaban J connectivity index is 1.15. The summed E-state index contributed by atoms with van der Waals surface area (Å²) < 4.78 is 5.51. The second kappa shape index (κ2) is 6.79. The van der Waals surface area contributed by atoms with E-state index in [4.69, 9.17) is 9.72 Å². The number of hydrogen-bond donors (Lipinski definition) is 1. The molecular weight excluding hydrogens is 388 g/mol. The highest BCUT2D eigenvalue weighted by Crippen LogP contribution is 2.47. The van der Waals surface area contributed by atoms with Crippen molar-refractivity contribution in [1.82, 2.24) is 15.0 Å². The van der Waals surface area contributed by atoms with E-state index in [1.807, 2.05) is 12.4 Å². The quantitative estimate of drug-likeness (QED) is 0.796. The lowest BCUT2D eigenvalue weighted by atomic mass is 9.77. The van der Waals surface area contributed by atoms with Crippen LogP contribution in [-0.2, 0) is 4.74 Å². The molecule has 2 aromatic heterocycles. The summed E-state index contributed by atoms with van der Waals surface area (Å²) in [6.07, 6.45) is 10.1. The minimum absolute atomic E-state index is 0.447. The van der Waals surface area contributed by atoms with Crippen LogP contribution in [0.3, 0.4) is 0 Å². The van der Waals surface area contributed by atoms with Crippen LogP contribution in [0, 0.1) is 17.3 Å². The average Bonchev–Trinajstić information content (AvgIpc) is 3.72. The van der Waals surface area contributed by atoms with Gasteiger partial charge in [0.05, 0.1) is 31.3 Å². The van der Waals surface area contributed by atoms with Crippen molar-refractivity contribution in [2.75, 3.05) is 54.5 Å². The molecule has 7 rings (SSSR count). The molecule has 2 saturated carbocycles. The fraction of sp³-hybridized carbons (Fsp3) is 0.625. The number of hydrogen-bond acceptors (Lipinski definition) is 7. The van der Waals surface area contributed by atoms with E-state index in [1.54, 1.807) is 0 Å². The molecule has 2 unspecified atom stereocenters. The van der Waals surface area contributed by atoms with Gasteiger partial charge < -0.3 is 19.9 Å². The third-order valence-corrected chi connectivity index (χ3v) is 8.03. The zero-order valence-electron chi connectivity index (χ0n) is 18.0. The van der Waals surface area contributed by atoms with Crippen molar-refractivity contribution in [2.45, 2.75) is 38.0 Å². The summed E-state index contributed by atoms with van der Waals surface area (Å²) in [6.45, 7) is 6.37. The standard InChI is InChI=1S/C24H30N6O/c1-2-16(1)20-10-26-22(11-25-20)27-21-8-19(29-5-3-24(4-6-29)14-31-15-24)9-23(28-21)30-12-17-7-18(17)13-30/h8-11,16-18H,1-7,12-15H2,(H,26,27,28). The molecule has 2 aromatic rings. The van der Waals surface area contributed by atoms with Crippen LogP contribution < -0.4 is 15.1 Å². The maximum absolute atomic E-state index is 5.51. The molecule has 7 heteroatoms. The lowest BCUT2D eigenvalue weighted by Crippen LogP contribution is -2.51. The molecule has 162 valence electrons. The highest BCUT2D eigenvalue weighted by Gasteiger charge is 2.46. The number of ether oxygens (including phenoxy) is 1. The topological polar surface area (TPSA) is 66.4 Å². The Morgan fingerprint density at radius 2 is 1.74 bits per heavy atom. The molecule has 3 saturated heterocycles. The highest BCUT2D eigenvalue weighted by molar-refractivity contribution is 5.66. The minimum atomic E-state index is 0.447. The van der Waals surface area contributed by atoms with E-state index in [9.17, 15) is 0 Å². The van der Waals surface area contributed by atoms with Crippen molar-refractivity contribution in [3.63, 3.8) is 0 Å². The molecule has 0 bridgehead atoms. The van der Waals surface area contributed by atoms with Gasteiger partial charge >= 0.3 is 0 Å². The first-order valence-electron chi connectivity index (χ1n) is 11.9. The molecule has 1 spiro atoms. The van der Waals surface area contributed by atoms with Crippen LogP contribution in [0.5, 0.6) is 0 Å². The van der Waals surface area contributed by atoms with E-state index in [0.29, 0.717) is 11.3 Å². The number of pyridine rings is 1. The predicted molar refractivity (Wildman–Crippen MR) is 120 cm³/mol. The van der Waals surface area contributed by atoms with Gasteiger partial charge in [-0.1, -0.05) is 0 Å². The summed E-state index contributed by atoms with van der Waals surface area (Å²) in [5.41, 5.74) is 2.83. The maximum Gasteiger partial charge on any atom is 0.150 e. The van der Waals surface area contributed by atoms with Gasteiger partial charge in [0, 0.05) is 55.3 Å². The Hall–Kier alpha value is -2.41. The van der Waals surface area contributed by atoms with Gasteiger partial charge in [-0.25, -0.2) is 9.97 Å². The molecule has 0 aromatic carbocycles. The SMILES string of the molecule is c1nc(C2CC2)cnc1Nc1cc(N2CCC3(CC2)COC3)cc(N2CC3CC3C2)n1. The molecule has 0 radical (unpaired) electrons. The van der Waals surface area contributed by atoms with Gasteiger partial charge in [-0.05, 0) is 43.9 Å². The molecule has 3 aliphatic heterocycles. The van der Waals surface area contributed by atoms with Crippen molar-refractivity contribution in [3.05, 3.63) is 30.2 Å². The van der Waals surface area contributed by atoms with Crippen LogP contribution in [-0.4, -0.2) is 54.3 Å². The molecule has 31 heavy (non-hydrogen) atoms. The summed E-state index contributed by atoms with van der Waals surface area (Å²) >= 11 is 0. The van der Waals surface area contributed by atoms with Gasteiger partial charge in [0.1, 0.15) is 17.5 Å². The number of rotatable bonds is 5. The van der Waals surface area contributed by atoms with E-state index >= 15 is 0 Å². The van der Waals surface area contributed by atoms with E-state index in [0.717, 1.165) is 74.4 Å². The van der Waals surface area contributed by atoms with Crippen molar-refractivity contribution >= 4 is 23.1 Å². The van der Waals surface area contributed by atoms with Gasteiger partial charge in [0.25, 0.3) is 0 Å². The fourth-order valence-electron chi connectivity index (χ4n) is 5.54. The second-order valence-corrected chi connectivity index (χ2v) is 10.4. The lowest BCUT2D eigenvalue weighted by Gasteiger charge is -2.48. The van der Waals surface area contributed by atoms with Crippen LogP contribution in [0.4, 0.5) is 23.1 Å². The third kappa shape index (κ3) is 3.43. The number of fused-ring (bicyclic) bond motifs is 1. The number of piperidine rings is 2. The second-order valence-electron chi connectivity index (χ2n) is 10.4. The zero-order valence-corrected chi connectivity index (χ0v) is 18.0. The Morgan fingerprint density at radius 3 is 2.39 bits per heavy atom. The van der Waals surface area contributed by atoms with Crippen molar-refractivity contribution in [2.24, 2.45) is 17.3 Å². The number of nitrogens with one attached hydrogen (secondary N) is 1. The molecule has 2 aliphatic carbocycles. The van der Waals surface area contributed by atoms with E-state index in [1.165, 1.54) is 37.8 Å². The van der Waals surface area contributed by atoms with E-state index < -0.39 is 0 Å².